The van der Waals surface area contributed by atoms with Crippen LogP contribution in [0.1, 0.15) is 18.1 Å². The van der Waals surface area contributed by atoms with Crippen LogP contribution in [0.2, 0.25) is 0 Å². The summed E-state index contributed by atoms with van der Waals surface area (Å²) < 4.78 is 39.4. The van der Waals surface area contributed by atoms with Crippen LogP contribution in [0.3, 0.4) is 0 Å². The third kappa shape index (κ3) is 5.42. The molecule has 37 heavy (non-hydrogen) atoms. The third-order valence-corrected chi connectivity index (χ3v) is 7.62. The molecule has 2 aromatic carbocycles. The van der Waals surface area contributed by atoms with E-state index < -0.39 is 39.3 Å². The molecule has 1 aliphatic heterocycles. The average Bonchev–Trinajstić information content (AvgIpc) is 2.86. The van der Waals surface area contributed by atoms with Crippen LogP contribution in [-0.4, -0.2) is 60.0 Å². The number of benzene rings is 2. The molecule has 1 aromatic heterocycles. The van der Waals surface area contributed by atoms with Crippen LogP contribution < -0.4 is 15.4 Å². The maximum Gasteiger partial charge on any atom is 0.416 e. The van der Waals surface area contributed by atoms with Crippen molar-refractivity contribution in [1.82, 2.24) is 9.88 Å². The molecule has 0 saturated carbocycles. The summed E-state index contributed by atoms with van der Waals surface area (Å²) in [6.07, 6.45) is -4.84. The zero-order valence-electron chi connectivity index (χ0n) is 20.3. The van der Waals surface area contributed by atoms with Gasteiger partial charge in [-0.15, -0.1) is 0 Å². The number of likely N-dealkylation sites (N-methyl/N-ethyl adjacent to an activating group) is 1. The lowest BCUT2D eigenvalue weighted by Gasteiger charge is -2.38. The number of nitrogens with zero attached hydrogens (tertiary/aromatic N) is 5. The number of halogens is 3. The maximum atomic E-state index is 13.2. The standard InChI is InChI=1S/C24H24F3N5O4S/c1-14-4-6-17(7-5-14)29(3)22(34)15(2)30-8-10-31(11-9-30)23-28-21(33)18-12-16(24(25,26)27)13-19(32(35)36)20(18)37-23/h4-7,12-13,15H,8-11H2,1-3H3. The fraction of sp³-hybridized carbons (Fsp3) is 0.375. The van der Waals surface area contributed by atoms with Gasteiger partial charge < -0.3 is 9.80 Å². The van der Waals surface area contributed by atoms with Crippen LogP contribution in [0.5, 0.6) is 0 Å². The Hall–Kier alpha value is -3.58. The molecule has 0 aliphatic carbocycles. The van der Waals surface area contributed by atoms with E-state index in [-0.39, 0.29) is 15.7 Å². The minimum absolute atomic E-state index is 0.0816. The van der Waals surface area contributed by atoms with E-state index in [1.807, 2.05) is 43.0 Å². The van der Waals surface area contributed by atoms with Crippen molar-refractivity contribution < 1.29 is 22.9 Å². The van der Waals surface area contributed by atoms with Gasteiger partial charge in [0.2, 0.25) is 5.91 Å². The first kappa shape index (κ1) is 26.5. The molecule has 0 bridgehead atoms. The molecular formula is C24H24F3N5O4S. The van der Waals surface area contributed by atoms with Gasteiger partial charge in [-0.05, 0) is 32.0 Å². The van der Waals surface area contributed by atoms with E-state index in [1.165, 1.54) is 0 Å². The van der Waals surface area contributed by atoms with Crippen LogP contribution in [-0.2, 0) is 11.0 Å². The molecule has 1 fully saturated rings. The molecule has 1 aliphatic rings. The highest BCUT2D eigenvalue weighted by molar-refractivity contribution is 7.22. The van der Waals surface area contributed by atoms with Crippen LogP contribution in [0.25, 0.3) is 10.1 Å². The number of hydrogen-bond acceptors (Lipinski definition) is 8. The van der Waals surface area contributed by atoms with Crippen LogP contribution in [0, 0.1) is 17.0 Å². The second-order valence-electron chi connectivity index (χ2n) is 8.86. The Kier molecular flexibility index (Phi) is 7.20. The van der Waals surface area contributed by atoms with E-state index in [2.05, 4.69) is 4.98 Å². The molecule has 4 rings (SSSR count). The van der Waals surface area contributed by atoms with Gasteiger partial charge in [0.15, 0.2) is 5.13 Å². The van der Waals surface area contributed by atoms with Crippen molar-refractivity contribution in [3.8, 4) is 0 Å². The summed E-state index contributed by atoms with van der Waals surface area (Å²) >= 11 is 0.813. The van der Waals surface area contributed by atoms with Crippen molar-refractivity contribution in [1.29, 1.82) is 0 Å². The van der Waals surface area contributed by atoms with E-state index in [9.17, 15) is 32.9 Å². The molecule has 0 N–H and O–H groups in total. The van der Waals surface area contributed by atoms with Crippen molar-refractivity contribution in [3.63, 3.8) is 0 Å². The summed E-state index contributed by atoms with van der Waals surface area (Å²) in [5.74, 6) is -0.0816. The zero-order valence-corrected chi connectivity index (χ0v) is 21.1. The normalized spacial score (nSPS) is 15.6. The van der Waals surface area contributed by atoms with E-state index in [1.54, 1.807) is 16.8 Å². The predicted octanol–water partition coefficient (Wildman–Crippen LogP) is 4.07. The fourth-order valence-corrected chi connectivity index (χ4v) is 5.32. The van der Waals surface area contributed by atoms with E-state index in [0.29, 0.717) is 38.3 Å². The minimum atomic E-state index is -4.84. The van der Waals surface area contributed by atoms with Gasteiger partial charge >= 0.3 is 6.18 Å². The van der Waals surface area contributed by atoms with Crippen molar-refractivity contribution in [3.05, 3.63) is 68.0 Å². The Morgan fingerprint density at radius 1 is 1.16 bits per heavy atom. The van der Waals surface area contributed by atoms with Crippen molar-refractivity contribution in [2.45, 2.75) is 26.1 Å². The van der Waals surface area contributed by atoms with Crippen molar-refractivity contribution in [2.75, 3.05) is 43.0 Å². The van der Waals surface area contributed by atoms with Crippen molar-refractivity contribution >= 4 is 43.8 Å². The highest BCUT2D eigenvalue weighted by Gasteiger charge is 2.35. The van der Waals surface area contributed by atoms with Gasteiger partial charge in [0.25, 0.3) is 11.2 Å². The first-order chi connectivity index (χ1) is 17.4. The minimum Gasteiger partial charge on any atom is -0.345 e. The van der Waals surface area contributed by atoms with Crippen LogP contribution >= 0.6 is 11.3 Å². The second-order valence-corrected chi connectivity index (χ2v) is 9.84. The quantitative estimate of drug-likeness (QED) is 0.359. The fourth-order valence-electron chi connectivity index (χ4n) is 4.21. The Morgan fingerprint density at radius 3 is 2.35 bits per heavy atom. The SMILES string of the molecule is Cc1ccc(N(C)C(=O)C(C)N2CCN(c3nc(=O)c4cc(C(F)(F)F)cc([N+](=O)[O-])c4s3)CC2)cc1. The number of fused-ring (bicyclic) bond motifs is 1. The molecule has 3 aromatic rings. The summed E-state index contributed by atoms with van der Waals surface area (Å²) in [5, 5.41) is 11.3. The lowest BCUT2D eigenvalue weighted by Crippen LogP contribution is -2.54. The van der Waals surface area contributed by atoms with Gasteiger partial charge in [-0.1, -0.05) is 29.0 Å². The van der Waals surface area contributed by atoms with E-state index in [4.69, 9.17) is 0 Å². The number of carbonyl (C=O) groups excluding carboxylic acids is 1. The zero-order chi connectivity index (χ0) is 27.1. The smallest absolute Gasteiger partial charge is 0.345 e. The topological polar surface area (TPSA) is 99.9 Å². The number of hydrogen-bond donors (Lipinski definition) is 0. The average molecular weight is 536 g/mol. The number of aryl methyl sites for hydroxylation is 1. The van der Waals surface area contributed by atoms with Gasteiger partial charge in [0.05, 0.1) is 21.9 Å². The Bertz CT molecular complexity index is 1400. The first-order valence-electron chi connectivity index (χ1n) is 11.4. The van der Waals surface area contributed by atoms with Gasteiger partial charge in [-0.2, -0.15) is 18.2 Å². The van der Waals surface area contributed by atoms with Crippen LogP contribution in [0.15, 0.2) is 41.2 Å². The lowest BCUT2D eigenvalue weighted by atomic mass is 10.1. The molecule has 0 radical (unpaired) electrons. The number of alkyl halides is 3. The Balaban J connectivity index is 1.53. The number of rotatable bonds is 5. The molecule has 0 spiro atoms. The monoisotopic (exact) mass is 535 g/mol. The summed E-state index contributed by atoms with van der Waals surface area (Å²) in [6.45, 7) is 5.47. The van der Waals surface area contributed by atoms with E-state index >= 15 is 0 Å². The molecule has 1 amide bonds. The summed E-state index contributed by atoms with van der Waals surface area (Å²) in [5.41, 5.74) is -1.14. The molecule has 1 unspecified atom stereocenters. The van der Waals surface area contributed by atoms with Gasteiger partial charge in [0.1, 0.15) is 4.70 Å². The lowest BCUT2D eigenvalue weighted by molar-refractivity contribution is -0.383. The van der Waals surface area contributed by atoms with E-state index in [0.717, 1.165) is 22.6 Å². The summed E-state index contributed by atoms with van der Waals surface area (Å²) in [4.78, 5) is 45.5. The Morgan fingerprint density at radius 2 is 1.78 bits per heavy atom. The number of nitro benzene ring substituents is 1. The predicted molar refractivity (Wildman–Crippen MR) is 135 cm³/mol. The second kappa shape index (κ2) is 10.1. The molecule has 1 atom stereocenters. The van der Waals surface area contributed by atoms with Gasteiger partial charge in [0, 0.05) is 45.0 Å². The number of amides is 1. The largest absolute Gasteiger partial charge is 0.416 e. The molecule has 196 valence electrons. The summed E-state index contributed by atoms with van der Waals surface area (Å²) in [7, 11) is 1.72. The number of nitro groups is 1. The maximum absolute atomic E-state index is 13.2. The molecule has 2 heterocycles. The third-order valence-electron chi connectivity index (χ3n) is 6.46. The van der Waals surface area contributed by atoms with Gasteiger partial charge in [-0.25, -0.2) is 0 Å². The van der Waals surface area contributed by atoms with Gasteiger partial charge in [-0.3, -0.25) is 24.6 Å². The summed E-state index contributed by atoms with van der Waals surface area (Å²) in [6, 6.07) is 8.24. The molecular weight excluding hydrogens is 511 g/mol. The molecule has 9 nitrogen and oxygen atoms in total. The van der Waals surface area contributed by atoms with Crippen LogP contribution in [0.4, 0.5) is 29.7 Å². The Labute approximate surface area is 213 Å². The molecule has 13 heteroatoms. The van der Waals surface area contributed by atoms with Crippen molar-refractivity contribution in [2.24, 2.45) is 0 Å². The number of aromatic nitrogens is 1. The number of carbonyl (C=O) groups is 1. The highest BCUT2D eigenvalue weighted by Crippen LogP contribution is 2.38. The number of anilines is 2. The number of piperazine rings is 1. The highest BCUT2D eigenvalue weighted by atomic mass is 32.1. The number of non-ortho nitro benzene ring substituents is 1. The molecule has 1 saturated heterocycles. The first-order valence-corrected chi connectivity index (χ1v) is 12.2.